The third-order valence-corrected chi connectivity index (χ3v) is 4.91. The minimum absolute atomic E-state index is 0.0257. The van der Waals surface area contributed by atoms with Crippen molar-refractivity contribution in [2.24, 2.45) is 0 Å². The van der Waals surface area contributed by atoms with Crippen molar-refractivity contribution in [1.29, 1.82) is 0 Å². The molecule has 0 saturated carbocycles. The zero-order valence-electron chi connectivity index (χ0n) is 15.5. The first-order valence-electron chi connectivity index (χ1n) is 9.12. The number of aromatic nitrogens is 3. The van der Waals surface area contributed by atoms with Gasteiger partial charge in [0.1, 0.15) is 6.04 Å². The molecule has 2 aromatic heterocycles. The second kappa shape index (κ2) is 7.77. The van der Waals surface area contributed by atoms with Crippen molar-refractivity contribution in [3.05, 3.63) is 54.5 Å². The Morgan fingerprint density at radius 2 is 2.11 bits per heavy atom. The second-order valence-corrected chi connectivity index (χ2v) is 6.71. The molecular formula is C20H21N5O3. The molecule has 1 fully saturated rings. The standard InChI is InChI=1S/C20H21N5O3/c1-28-18(26)9-17-20(27)21-7-8-24(17)12-14-10-22-19-16(11-23-25(19)13-14)15-5-3-2-4-6-15/h2-6,10-11,13,17H,7-9,12H2,1H3,(H,21,27). The minimum Gasteiger partial charge on any atom is -0.469 e. The van der Waals surface area contributed by atoms with Crippen molar-refractivity contribution in [2.45, 2.75) is 19.0 Å². The van der Waals surface area contributed by atoms with Crippen LogP contribution in [-0.2, 0) is 20.9 Å². The number of esters is 1. The molecule has 1 amide bonds. The molecule has 1 saturated heterocycles. The maximum Gasteiger partial charge on any atom is 0.307 e. The lowest BCUT2D eigenvalue weighted by Crippen LogP contribution is -2.55. The first kappa shape index (κ1) is 18.1. The Hall–Kier alpha value is -3.26. The summed E-state index contributed by atoms with van der Waals surface area (Å²) in [5.74, 6) is -0.559. The molecule has 4 rings (SSSR count). The van der Waals surface area contributed by atoms with E-state index in [4.69, 9.17) is 4.74 Å². The van der Waals surface area contributed by atoms with Crippen LogP contribution in [0.25, 0.3) is 16.8 Å². The number of hydrogen-bond acceptors (Lipinski definition) is 6. The van der Waals surface area contributed by atoms with Crippen molar-refractivity contribution >= 4 is 17.5 Å². The minimum atomic E-state index is -0.547. The molecule has 1 unspecified atom stereocenters. The Labute approximate surface area is 162 Å². The molecule has 1 aliphatic heterocycles. The fourth-order valence-corrected chi connectivity index (χ4v) is 3.47. The molecule has 0 spiro atoms. The Balaban J connectivity index is 1.57. The molecule has 0 aliphatic carbocycles. The maximum absolute atomic E-state index is 12.2. The number of fused-ring (bicyclic) bond motifs is 1. The summed E-state index contributed by atoms with van der Waals surface area (Å²) < 4.78 is 6.48. The second-order valence-electron chi connectivity index (χ2n) is 6.71. The molecule has 3 aromatic rings. The van der Waals surface area contributed by atoms with Crippen LogP contribution < -0.4 is 5.32 Å². The van der Waals surface area contributed by atoms with Crippen molar-refractivity contribution < 1.29 is 14.3 Å². The SMILES string of the molecule is COC(=O)CC1C(=O)NCCN1Cc1cnc2c(-c3ccccc3)cnn2c1. The molecule has 1 aromatic carbocycles. The van der Waals surface area contributed by atoms with Crippen LogP contribution in [0.3, 0.4) is 0 Å². The summed E-state index contributed by atoms with van der Waals surface area (Å²) in [5, 5.41) is 7.23. The highest BCUT2D eigenvalue weighted by Gasteiger charge is 2.32. The van der Waals surface area contributed by atoms with Crippen LogP contribution in [0.1, 0.15) is 12.0 Å². The van der Waals surface area contributed by atoms with Crippen molar-refractivity contribution in [3.63, 3.8) is 0 Å². The highest BCUT2D eigenvalue weighted by atomic mass is 16.5. The number of carbonyl (C=O) groups excluding carboxylic acids is 2. The molecular weight excluding hydrogens is 358 g/mol. The number of piperazine rings is 1. The van der Waals surface area contributed by atoms with Gasteiger partial charge in [-0.3, -0.25) is 14.5 Å². The lowest BCUT2D eigenvalue weighted by atomic mass is 10.1. The van der Waals surface area contributed by atoms with Gasteiger partial charge in [0.05, 0.1) is 19.7 Å². The molecule has 1 N–H and O–H groups in total. The molecule has 1 aliphatic rings. The average Bonchev–Trinajstić information content (AvgIpc) is 3.14. The number of nitrogens with zero attached hydrogens (tertiary/aromatic N) is 4. The van der Waals surface area contributed by atoms with E-state index in [2.05, 4.69) is 15.4 Å². The molecule has 1 atom stereocenters. The van der Waals surface area contributed by atoms with E-state index >= 15 is 0 Å². The lowest BCUT2D eigenvalue weighted by Gasteiger charge is -2.34. The summed E-state index contributed by atoms with van der Waals surface area (Å²) in [7, 11) is 1.33. The van der Waals surface area contributed by atoms with Crippen LogP contribution in [-0.4, -0.2) is 57.6 Å². The lowest BCUT2D eigenvalue weighted by molar-refractivity contribution is -0.146. The summed E-state index contributed by atoms with van der Waals surface area (Å²) in [4.78, 5) is 30.5. The van der Waals surface area contributed by atoms with Crippen molar-refractivity contribution in [3.8, 4) is 11.1 Å². The van der Waals surface area contributed by atoms with E-state index in [-0.39, 0.29) is 12.3 Å². The largest absolute Gasteiger partial charge is 0.469 e. The van der Waals surface area contributed by atoms with Gasteiger partial charge >= 0.3 is 5.97 Å². The normalized spacial score (nSPS) is 17.5. The van der Waals surface area contributed by atoms with E-state index in [1.54, 1.807) is 16.9 Å². The third kappa shape index (κ3) is 3.59. The third-order valence-electron chi connectivity index (χ3n) is 4.91. The van der Waals surface area contributed by atoms with Crippen LogP contribution in [0.15, 0.2) is 48.9 Å². The first-order chi connectivity index (χ1) is 13.7. The zero-order chi connectivity index (χ0) is 19.5. The van der Waals surface area contributed by atoms with E-state index in [9.17, 15) is 9.59 Å². The molecule has 3 heterocycles. The van der Waals surface area contributed by atoms with E-state index in [1.807, 2.05) is 41.4 Å². The van der Waals surface area contributed by atoms with Crippen molar-refractivity contribution in [2.75, 3.05) is 20.2 Å². The van der Waals surface area contributed by atoms with E-state index < -0.39 is 12.0 Å². The highest BCUT2D eigenvalue weighted by molar-refractivity contribution is 5.87. The Kier molecular flexibility index (Phi) is 5.03. The quantitative estimate of drug-likeness (QED) is 0.672. The molecule has 8 heteroatoms. The van der Waals surface area contributed by atoms with Gasteiger partial charge in [-0.2, -0.15) is 5.10 Å². The zero-order valence-corrected chi connectivity index (χ0v) is 15.5. The van der Waals surface area contributed by atoms with Gasteiger partial charge < -0.3 is 10.1 Å². The van der Waals surface area contributed by atoms with E-state index in [0.717, 1.165) is 22.3 Å². The summed E-state index contributed by atoms with van der Waals surface area (Å²) in [6.45, 7) is 1.70. The number of benzene rings is 1. The van der Waals surface area contributed by atoms with Crippen LogP contribution in [0, 0.1) is 0 Å². The van der Waals surface area contributed by atoms with E-state index in [0.29, 0.717) is 19.6 Å². The van der Waals surface area contributed by atoms with Gasteiger partial charge in [0.2, 0.25) is 5.91 Å². The monoisotopic (exact) mass is 379 g/mol. The van der Waals surface area contributed by atoms with Crippen molar-refractivity contribution in [1.82, 2.24) is 24.8 Å². The Morgan fingerprint density at radius 3 is 2.89 bits per heavy atom. The number of nitrogens with one attached hydrogen (secondary N) is 1. The number of methoxy groups -OCH3 is 1. The Morgan fingerprint density at radius 1 is 1.29 bits per heavy atom. The smallest absolute Gasteiger partial charge is 0.307 e. The predicted octanol–water partition coefficient (Wildman–Crippen LogP) is 1.26. The fourth-order valence-electron chi connectivity index (χ4n) is 3.47. The number of amides is 1. The number of carbonyl (C=O) groups is 2. The first-order valence-corrected chi connectivity index (χ1v) is 9.12. The molecule has 28 heavy (non-hydrogen) atoms. The van der Waals surface area contributed by atoms with Gasteiger partial charge in [-0.05, 0) is 5.56 Å². The van der Waals surface area contributed by atoms with Gasteiger partial charge in [-0.1, -0.05) is 30.3 Å². The topological polar surface area (TPSA) is 88.8 Å². The predicted molar refractivity (Wildman–Crippen MR) is 102 cm³/mol. The number of rotatable bonds is 5. The van der Waals surface area contributed by atoms with Gasteiger partial charge in [-0.25, -0.2) is 9.50 Å². The van der Waals surface area contributed by atoms with Crippen LogP contribution in [0.5, 0.6) is 0 Å². The maximum atomic E-state index is 12.2. The molecule has 0 bridgehead atoms. The summed E-state index contributed by atoms with van der Waals surface area (Å²) in [6, 6.07) is 9.44. The van der Waals surface area contributed by atoms with Crippen LogP contribution in [0.2, 0.25) is 0 Å². The number of hydrogen-bond donors (Lipinski definition) is 1. The molecule has 8 nitrogen and oxygen atoms in total. The Bertz CT molecular complexity index is 1000. The summed E-state index contributed by atoms with van der Waals surface area (Å²) >= 11 is 0. The fraction of sp³-hybridized carbons (Fsp3) is 0.300. The van der Waals surface area contributed by atoms with Gasteiger partial charge in [0.25, 0.3) is 0 Å². The molecule has 144 valence electrons. The average molecular weight is 379 g/mol. The van der Waals surface area contributed by atoms with E-state index in [1.165, 1.54) is 7.11 Å². The van der Waals surface area contributed by atoms with Crippen LogP contribution in [0.4, 0.5) is 0 Å². The van der Waals surface area contributed by atoms with Gasteiger partial charge in [0, 0.05) is 43.2 Å². The summed E-state index contributed by atoms with van der Waals surface area (Å²) in [5.41, 5.74) is 3.72. The molecule has 0 radical (unpaired) electrons. The summed E-state index contributed by atoms with van der Waals surface area (Å²) in [6.07, 6.45) is 5.54. The number of ether oxygens (including phenoxy) is 1. The highest BCUT2D eigenvalue weighted by Crippen LogP contribution is 2.23. The van der Waals surface area contributed by atoms with Gasteiger partial charge in [0.15, 0.2) is 5.65 Å². The van der Waals surface area contributed by atoms with Gasteiger partial charge in [-0.15, -0.1) is 0 Å². The van der Waals surface area contributed by atoms with Crippen LogP contribution >= 0.6 is 0 Å².